The zero-order valence-corrected chi connectivity index (χ0v) is 14.0. The number of hydrogen-bond acceptors (Lipinski definition) is 5. The van der Waals surface area contributed by atoms with Gasteiger partial charge in [-0.3, -0.25) is 9.59 Å². The molecular formula is C15H19FN2O5S. The zero-order chi connectivity index (χ0) is 17.7. The molecule has 24 heavy (non-hydrogen) atoms. The molecule has 0 radical (unpaired) electrons. The summed E-state index contributed by atoms with van der Waals surface area (Å²) in [5.74, 6) is -2.01. The van der Waals surface area contributed by atoms with Gasteiger partial charge in [0, 0.05) is 18.8 Å². The molecule has 0 aliphatic carbocycles. The predicted molar refractivity (Wildman–Crippen MR) is 85.1 cm³/mol. The van der Waals surface area contributed by atoms with Gasteiger partial charge in [0.15, 0.2) is 6.61 Å². The molecule has 0 atom stereocenters. The van der Waals surface area contributed by atoms with Gasteiger partial charge < -0.3 is 10.1 Å². The Kier molecular flexibility index (Phi) is 5.89. The molecule has 0 bridgehead atoms. The number of anilines is 1. The molecule has 132 valence electrons. The van der Waals surface area contributed by atoms with Gasteiger partial charge in [-0.25, -0.2) is 17.1 Å². The quantitative estimate of drug-likeness (QED) is 0.792. The van der Waals surface area contributed by atoms with E-state index in [-0.39, 0.29) is 18.8 Å². The molecule has 1 heterocycles. The van der Waals surface area contributed by atoms with Crippen LogP contribution < -0.4 is 5.32 Å². The predicted octanol–water partition coefficient (Wildman–Crippen LogP) is 0.979. The van der Waals surface area contributed by atoms with E-state index in [1.54, 1.807) is 0 Å². The van der Waals surface area contributed by atoms with Crippen molar-refractivity contribution < 1.29 is 27.1 Å². The molecule has 7 nitrogen and oxygen atoms in total. The van der Waals surface area contributed by atoms with Crippen LogP contribution in [0.5, 0.6) is 0 Å². The van der Waals surface area contributed by atoms with Crippen molar-refractivity contribution in [3.63, 3.8) is 0 Å². The van der Waals surface area contributed by atoms with Crippen molar-refractivity contribution in [3.05, 3.63) is 30.1 Å². The highest BCUT2D eigenvalue weighted by Gasteiger charge is 2.30. The van der Waals surface area contributed by atoms with Crippen molar-refractivity contribution in [2.75, 3.05) is 31.3 Å². The number of amides is 1. The molecule has 1 aromatic carbocycles. The largest absolute Gasteiger partial charge is 0.455 e. The summed E-state index contributed by atoms with van der Waals surface area (Å²) in [5.41, 5.74) is 0.275. The number of ether oxygens (including phenoxy) is 1. The number of hydrogen-bond donors (Lipinski definition) is 1. The highest BCUT2D eigenvalue weighted by atomic mass is 32.2. The Labute approximate surface area is 139 Å². The number of rotatable bonds is 5. The number of sulfonamides is 1. The van der Waals surface area contributed by atoms with Crippen molar-refractivity contribution in [2.45, 2.75) is 12.8 Å². The summed E-state index contributed by atoms with van der Waals surface area (Å²) in [6, 6.07) is 5.37. The van der Waals surface area contributed by atoms with Gasteiger partial charge in [0.2, 0.25) is 10.0 Å². The second-order valence-corrected chi connectivity index (χ2v) is 7.58. The molecule has 1 aliphatic rings. The number of halogens is 1. The van der Waals surface area contributed by atoms with Crippen molar-refractivity contribution in [1.82, 2.24) is 4.31 Å². The van der Waals surface area contributed by atoms with Crippen LogP contribution >= 0.6 is 0 Å². The number of benzene rings is 1. The first-order valence-electron chi connectivity index (χ1n) is 7.43. The van der Waals surface area contributed by atoms with Crippen LogP contribution in [-0.2, 0) is 24.3 Å². The standard InChI is InChI=1S/C15H19FN2O5S/c1-24(21,22)18-7-5-11(6-8-18)15(20)23-10-14(19)17-13-4-2-3-12(16)9-13/h2-4,9,11H,5-8,10H2,1H3,(H,17,19). The van der Waals surface area contributed by atoms with E-state index in [9.17, 15) is 22.4 Å². The second kappa shape index (κ2) is 7.71. The maximum absolute atomic E-state index is 13.0. The van der Waals surface area contributed by atoms with Gasteiger partial charge in [0.25, 0.3) is 5.91 Å². The van der Waals surface area contributed by atoms with E-state index in [4.69, 9.17) is 4.74 Å². The summed E-state index contributed by atoms with van der Waals surface area (Å²) in [6.45, 7) is 0.0455. The summed E-state index contributed by atoms with van der Waals surface area (Å²) < 4.78 is 42.1. The molecule has 2 rings (SSSR count). The van der Waals surface area contributed by atoms with Crippen LogP contribution in [0.3, 0.4) is 0 Å². The van der Waals surface area contributed by atoms with E-state index in [0.29, 0.717) is 12.8 Å². The lowest BCUT2D eigenvalue weighted by Crippen LogP contribution is -2.40. The highest BCUT2D eigenvalue weighted by molar-refractivity contribution is 7.88. The number of piperidine rings is 1. The van der Waals surface area contributed by atoms with Crippen LogP contribution in [0.15, 0.2) is 24.3 Å². The molecule has 0 aromatic heterocycles. The minimum absolute atomic E-state index is 0.258. The van der Waals surface area contributed by atoms with Gasteiger partial charge in [-0.2, -0.15) is 0 Å². The van der Waals surface area contributed by atoms with Crippen LogP contribution in [0.2, 0.25) is 0 Å². The van der Waals surface area contributed by atoms with E-state index >= 15 is 0 Å². The van der Waals surface area contributed by atoms with E-state index < -0.39 is 40.2 Å². The summed E-state index contributed by atoms with van der Waals surface area (Å²) in [7, 11) is -3.25. The first kappa shape index (κ1) is 18.3. The summed E-state index contributed by atoms with van der Waals surface area (Å²) >= 11 is 0. The molecule has 0 unspecified atom stereocenters. The molecule has 1 aromatic rings. The third-order valence-corrected chi connectivity index (χ3v) is 5.01. The van der Waals surface area contributed by atoms with E-state index in [1.165, 1.54) is 22.5 Å². The van der Waals surface area contributed by atoms with E-state index in [2.05, 4.69) is 5.32 Å². The van der Waals surface area contributed by atoms with Crippen LogP contribution in [0.4, 0.5) is 10.1 Å². The summed E-state index contributed by atoms with van der Waals surface area (Å²) in [5, 5.41) is 2.42. The average Bonchev–Trinajstić information content (AvgIpc) is 2.52. The maximum atomic E-state index is 13.0. The first-order valence-corrected chi connectivity index (χ1v) is 9.28. The van der Waals surface area contributed by atoms with Gasteiger partial charge in [0.05, 0.1) is 12.2 Å². The first-order chi connectivity index (χ1) is 11.3. The normalized spacial score (nSPS) is 16.6. The number of esters is 1. The van der Waals surface area contributed by atoms with Crippen LogP contribution in [-0.4, -0.2) is 50.6 Å². The monoisotopic (exact) mass is 358 g/mol. The Hall–Kier alpha value is -2.00. The fourth-order valence-electron chi connectivity index (χ4n) is 2.44. The highest BCUT2D eigenvalue weighted by Crippen LogP contribution is 2.20. The van der Waals surface area contributed by atoms with Gasteiger partial charge in [-0.15, -0.1) is 0 Å². The second-order valence-electron chi connectivity index (χ2n) is 5.60. The van der Waals surface area contributed by atoms with Crippen LogP contribution in [0.25, 0.3) is 0 Å². The zero-order valence-electron chi connectivity index (χ0n) is 13.2. The molecule has 9 heteroatoms. The molecule has 1 aliphatic heterocycles. The lowest BCUT2D eigenvalue weighted by Gasteiger charge is -2.28. The number of nitrogens with zero attached hydrogens (tertiary/aromatic N) is 1. The number of carbonyl (C=O) groups excluding carboxylic acids is 2. The number of nitrogens with one attached hydrogen (secondary N) is 1. The lowest BCUT2D eigenvalue weighted by atomic mass is 9.98. The van der Waals surface area contributed by atoms with Gasteiger partial charge in [-0.05, 0) is 31.0 Å². The van der Waals surface area contributed by atoms with E-state index in [0.717, 1.165) is 12.3 Å². The minimum atomic E-state index is -3.25. The van der Waals surface area contributed by atoms with E-state index in [1.807, 2.05) is 0 Å². The van der Waals surface area contributed by atoms with Gasteiger partial charge in [0.1, 0.15) is 5.82 Å². The maximum Gasteiger partial charge on any atom is 0.309 e. The third kappa shape index (κ3) is 5.27. The molecule has 1 N–H and O–H groups in total. The Bertz CT molecular complexity index is 714. The molecule has 0 spiro atoms. The average molecular weight is 358 g/mol. The van der Waals surface area contributed by atoms with Crippen molar-refractivity contribution in [3.8, 4) is 0 Å². The fourth-order valence-corrected chi connectivity index (χ4v) is 3.32. The van der Waals surface area contributed by atoms with Crippen LogP contribution in [0, 0.1) is 11.7 Å². The molecule has 0 saturated carbocycles. The third-order valence-electron chi connectivity index (χ3n) is 3.71. The Morgan fingerprint density at radius 1 is 1.33 bits per heavy atom. The Morgan fingerprint density at radius 3 is 2.58 bits per heavy atom. The SMILES string of the molecule is CS(=O)(=O)N1CCC(C(=O)OCC(=O)Nc2cccc(F)c2)CC1. The van der Waals surface area contributed by atoms with Crippen molar-refractivity contribution >= 4 is 27.6 Å². The molecule has 1 fully saturated rings. The Morgan fingerprint density at radius 2 is 2.00 bits per heavy atom. The fraction of sp³-hybridized carbons (Fsp3) is 0.467. The van der Waals surface area contributed by atoms with Gasteiger partial charge >= 0.3 is 5.97 Å². The van der Waals surface area contributed by atoms with Crippen molar-refractivity contribution in [2.24, 2.45) is 5.92 Å². The summed E-state index contributed by atoms with van der Waals surface area (Å²) in [6.07, 6.45) is 1.84. The molecule has 1 amide bonds. The summed E-state index contributed by atoms with van der Waals surface area (Å²) in [4.78, 5) is 23.6. The topological polar surface area (TPSA) is 92.8 Å². The molecule has 1 saturated heterocycles. The van der Waals surface area contributed by atoms with Gasteiger partial charge in [-0.1, -0.05) is 6.07 Å². The lowest BCUT2D eigenvalue weighted by molar-refractivity contribution is -0.152. The number of carbonyl (C=O) groups is 2. The minimum Gasteiger partial charge on any atom is -0.455 e. The van der Waals surface area contributed by atoms with Crippen LogP contribution in [0.1, 0.15) is 12.8 Å². The smallest absolute Gasteiger partial charge is 0.309 e. The van der Waals surface area contributed by atoms with Crippen molar-refractivity contribution in [1.29, 1.82) is 0 Å². The Balaban J connectivity index is 1.76. The molecular weight excluding hydrogens is 339 g/mol.